The van der Waals surface area contributed by atoms with Gasteiger partial charge in [-0.3, -0.25) is 29.2 Å². The minimum absolute atomic E-state index is 0.0324. The second kappa shape index (κ2) is 25.9. The molecule has 480 valence electrons. The average Bonchev–Trinajstić information content (AvgIpc) is 1.19. The van der Waals surface area contributed by atoms with Gasteiger partial charge in [-0.15, -0.1) is 0 Å². The molecule has 18 nitrogen and oxygen atoms in total. The minimum Gasteiger partial charge on any atom is -0.468 e. The average molecular weight is 1240 g/mol. The van der Waals surface area contributed by atoms with Crippen molar-refractivity contribution in [2.45, 2.75) is 168 Å². The van der Waals surface area contributed by atoms with Gasteiger partial charge < -0.3 is 44.5 Å². The van der Waals surface area contributed by atoms with Crippen LogP contribution in [0.4, 0.5) is 23.8 Å². The van der Waals surface area contributed by atoms with E-state index in [9.17, 15) is 28.7 Å². The van der Waals surface area contributed by atoms with E-state index in [1.54, 1.807) is 54.7 Å². The molecule has 2 bridgehead atoms. The van der Waals surface area contributed by atoms with Crippen LogP contribution in [-0.2, 0) is 30.3 Å². The number of pyridine rings is 1. The van der Waals surface area contributed by atoms with Gasteiger partial charge in [0.15, 0.2) is 12.6 Å². The monoisotopic (exact) mass is 1240 g/mol. The second-order valence-electron chi connectivity index (χ2n) is 27.4. The number of nitrogens with zero attached hydrogens (tertiary/aromatic N) is 7. The molecule has 2 aromatic heterocycles. The number of likely N-dealkylation sites (tertiary alicyclic amines) is 2. The van der Waals surface area contributed by atoms with E-state index in [1.807, 2.05) is 72.4 Å². The number of aliphatic hydroxyl groups excluding tert-OH is 1. The molecule has 6 aromatic rings. The maximum absolute atomic E-state index is 17.9. The number of carbonyl (C=O) groups is 4. The van der Waals surface area contributed by atoms with Gasteiger partial charge in [0.25, 0.3) is 0 Å². The molecular formula is C69H84F3N9O9. The molecule has 1 aliphatic carbocycles. The molecule has 7 atom stereocenters. The van der Waals surface area contributed by atoms with Crippen LogP contribution in [0.2, 0.25) is 0 Å². The Morgan fingerprint density at radius 1 is 0.844 bits per heavy atom. The van der Waals surface area contributed by atoms with Crippen LogP contribution in [0.1, 0.15) is 130 Å². The van der Waals surface area contributed by atoms with E-state index in [4.69, 9.17) is 33.9 Å². The lowest BCUT2D eigenvalue weighted by molar-refractivity contribution is -0.144. The number of piperazine rings is 1. The summed E-state index contributed by atoms with van der Waals surface area (Å²) in [6.45, 7) is 17.0. The largest absolute Gasteiger partial charge is 0.468 e. The zero-order valence-electron chi connectivity index (χ0n) is 53.0. The molecule has 4 saturated heterocycles. The van der Waals surface area contributed by atoms with Crippen molar-refractivity contribution in [2.24, 2.45) is 10.8 Å². The highest BCUT2D eigenvalue weighted by Crippen LogP contribution is 2.48. The third kappa shape index (κ3) is 13.7. The minimum atomic E-state index is -1.02. The summed E-state index contributed by atoms with van der Waals surface area (Å²) >= 11 is 0. The number of nitrogens with one attached hydrogen (secondary N) is 2. The first-order valence-electron chi connectivity index (χ1n) is 31.7. The number of aryl methyl sites for hydroxylation is 1. The first kappa shape index (κ1) is 63.9. The number of amides is 4. The Morgan fingerprint density at radius 3 is 2.26 bits per heavy atom. The predicted octanol–water partition coefficient (Wildman–Crippen LogP) is 10.8. The predicted molar refractivity (Wildman–Crippen MR) is 336 cm³/mol. The second-order valence-corrected chi connectivity index (χ2v) is 27.4. The van der Waals surface area contributed by atoms with Gasteiger partial charge in [0.05, 0.1) is 36.2 Å². The fraction of sp³-hybridized carbons (Fsp3) is 0.522. The molecule has 4 aliphatic heterocycles. The van der Waals surface area contributed by atoms with E-state index in [0.717, 1.165) is 57.1 Å². The maximum atomic E-state index is 17.9. The van der Waals surface area contributed by atoms with Gasteiger partial charge in [0.2, 0.25) is 17.7 Å². The molecule has 6 heterocycles. The molecule has 4 amide bonds. The highest BCUT2D eigenvalue weighted by atomic mass is 19.1. The normalized spacial score (nSPS) is 21.5. The van der Waals surface area contributed by atoms with Gasteiger partial charge in [-0.05, 0) is 136 Å². The number of carbonyl (C=O) groups excluding carboxylic acids is 4. The van der Waals surface area contributed by atoms with E-state index in [1.165, 1.54) is 24.1 Å². The van der Waals surface area contributed by atoms with Crippen LogP contribution in [0.15, 0.2) is 79.0 Å². The molecule has 11 rings (SSSR count). The number of hydrogen-bond acceptors (Lipinski definition) is 14. The number of piperidine rings is 1. The molecule has 3 N–H and O–H groups in total. The summed E-state index contributed by atoms with van der Waals surface area (Å²) in [5.41, 5.74) is 0.749. The Kier molecular flexibility index (Phi) is 18.4. The van der Waals surface area contributed by atoms with E-state index in [-0.39, 0.29) is 91.4 Å². The number of hydrogen-bond donors (Lipinski definition) is 3. The molecule has 0 spiro atoms. The maximum Gasteiger partial charge on any atom is 0.410 e. The van der Waals surface area contributed by atoms with Crippen LogP contribution in [0, 0.1) is 28.3 Å². The van der Waals surface area contributed by atoms with Gasteiger partial charge in [0.1, 0.15) is 52.1 Å². The lowest BCUT2D eigenvalue weighted by Crippen LogP contribution is -2.58. The molecule has 4 aromatic carbocycles. The molecular weight excluding hydrogens is 1160 g/mol. The highest BCUT2D eigenvalue weighted by Gasteiger charge is 2.49. The van der Waals surface area contributed by atoms with Crippen LogP contribution >= 0.6 is 0 Å². The Labute approximate surface area is 524 Å². The fourth-order valence-corrected chi connectivity index (χ4v) is 13.7. The lowest BCUT2D eigenvalue weighted by atomic mass is 9.85. The number of methoxy groups -OCH3 is 1. The van der Waals surface area contributed by atoms with E-state index in [0.29, 0.717) is 76.0 Å². The summed E-state index contributed by atoms with van der Waals surface area (Å²) in [4.78, 5) is 78.9. The lowest BCUT2D eigenvalue weighted by Gasteiger charge is -2.42. The van der Waals surface area contributed by atoms with Crippen LogP contribution in [0.3, 0.4) is 0 Å². The molecule has 5 fully saturated rings. The summed E-state index contributed by atoms with van der Waals surface area (Å²) in [5.74, 6) is -1.93. The van der Waals surface area contributed by atoms with Crippen LogP contribution < -0.4 is 25.0 Å². The summed E-state index contributed by atoms with van der Waals surface area (Å²) in [5, 5.41) is 18.5. The van der Waals surface area contributed by atoms with Crippen molar-refractivity contribution < 1.29 is 56.4 Å². The summed E-state index contributed by atoms with van der Waals surface area (Å²) < 4.78 is 71.7. The van der Waals surface area contributed by atoms with Gasteiger partial charge in [0, 0.05) is 74.9 Å². The number of aliphatic hydroxyl groups is 1. The van der Waals surface area contributed by atoms with Gasteiger partial charge >= 0.3 is 12.1 Å². The van der Waals surface area contributed by atoms with Crippen molar-refractivity contribution in [3.8, 4) is 34.1 Å². The smallest absolute Gasteiger partial charge is 0.410 e. The fourth-order valence-electron chi connectivity index (χ4n) is 13.7. The number of fused-ring (bicyclic) bond motifs is 4. The zero-order valence-corrected chi connectivity index (χ0v) is 53.0. The topological polar surface area (TPSA) is 201 Å². The van der Waals surface area contributed by atoms with Crippen LogP contribution in [0.5, 0.6) is 11.8 Å². The number of anilines is 1. The number of aromatic nitrogens is 3. The Morgan fingerprint density at radius 2 is 1.58 bits per heavy atom. The summed E-state index contributed by atoms with van der Waals surface area (Å²) in [6, 6.07) is 17.1. The van der Waals surface area contributed by atoms with Gasteiger partial charge in [-0.25, -0.2) is 18.0 Å². The first-order valence-corrected chi connectivity index (χ1v) is 31.7. The van der Waals surface area contributed by atoms with E-state index in [2.05, 4.69) is 20.4 Å². The zero-order chi connectivity index (χ0) is 64.0. The van der Waals surface area contributed by atoms with Crippen molar-refractivity contribution in [3.05, 3.63) is 108 Å². The highest BCUT2D eigenvalue weighted by molar-refractivity contribution is 6.02. The number of ether oxygens (including phenoxy) is 4. The van der Waals surface area contributed by atoms with E-state index >= 15 is 8.78 Å². The van der Waals surface area contributed by atoms with Crippen LogP contribution in [0.25, 0.3) is 44.1 Å². The molecule has 21 heteroatoms. The van der Waals surface area contributed by atoms with Crippen LogP contribution in [-0.4, -0.2) is 154 Å². The Hall–Kier alpha value is -7.62. The van der Waals surface area contributed by atoms with Crippen molar-refractivity contribution in [3.63, 3.8) is 0 Å². The summed E-state index contributed by atoms with van der Waals surface area (Å²) in [7, 11) is 1.50. The molecule has 1 saturated carbocycles. The standard InChI is InChI=1S/C69H84F3N9O9/c1-10-49-54(71)25-22-43-29-48(89-39-87-9)32-51(57(43)49)59-58(72)60-52(33-73-59)62(79-34-45-23-24-46(35-79)81(45)66(86)90-68(6,7)8)77-65(76-60)88-38-69(26-27-69)37-78-28-14-13-15-44(78)30-56(83)75-61(67(3,4)5)64(85)80-36-47(82)31-55(80)63(84)74-40(2)41-18-20-42(21-19-41)50-16-11-12-17-53(50)70/h11-12,16-22,25,29,32-33,40,44-47,55,61,82H,10,13-15,23-24,26-28,30-31,34-39H2,1-9H3,(H,74,84)(H,75,83)/t40-,44?,45?,46?,47+,55-,61+/m0/s1. The number of rotatable bonds is 19. The molecule has 5 aliphatic rings. The molecule has 90 heavy (non-hydrogen) atoms. The number of benzene rings is 4. The van der Waals surface area contributed by atoms with Gasteiger partial charge in [-0.2, -0.15) is 9.97 Å². The van der Waals surface area contributed by atoms with Crippen molar-refractivity contribution in [2.75, 3.05) is 58.1 Å². The Bertz CT molecular complexity index is 3650. The summed E-state index contributed by atoms with van der Waals surface area (Å²) in [6.07, 6.45) is 6.43. The third-order valence-corrected chi connectivity index (χ3v) is 18.5. The number of halogens is 3. The van der Waals surface area contributed by atoms with Gasteiger partial charge in [-0.1, -0.05) is 82.6 Å². The van der Waals surface area contributed by atoms with E-state index < -0.39 is 58.7 Å². The van der Waals surface area contributed by atoms with Crippen molar-refractivity contribution in [1.82, 2.24) is 40.3 Å². The quantitative estimate of drug-likeness (QED) is 0.0647. The third-order valence-electron chi connectivity index (χ3n) is 18.5. The number of β-amino-alcohol motifs (C(OH)–C–C–N with tert-alkyl or cyclic N) is 1. The Balaban J connectivity index is 0.808. The van der Waals surface area contributed by atoms with Crippen molar-refractivity contribution >= 4 is 51.3 Å². The molecule has 3 unspecified atom stereocenters. The SMILES string of the molecule is CCc1c(F)ccc2cc(OCOC)cc(-c3ncc4c(N5CC6CCC(C5)N6C(=O)OC(C)(C)C)nc(OCC5(CN6CCCCC6CC(=O)N[C@H](C(=O)N6C[C@H](O)C[C@H]6C(=O)N[C@@H](C)c6ccc(-c7ccccc7F)cc6)C(C)(C)C)CC5)nc4c3F)c12. The first-order chi connectivity index (χ1) is 42.9. The van der Waals surface area contributed by atoms with Crippen molar-refractivity contribution in [1.29, 1.82) is 0 Å². The molecule has 0 radical (unpaired) electrons.